The predicted molar refractivity (Wildman–Crippen MR) is 108 cm³/mol. The number of fused-ring (bicyclic) bond motifs is 1. The molecule has 0 spiro atoms. The minimum atomic E-state index is -4.37. The molecular formula is C21H22F3N3O2S. The first kappa shape index (κ1) is 20.9. The smallest absolute Gasteiger partial charge is 0.355 e. The van der Waals surface area contributed by atoms with Crippen LogP contribution in [0.4, 0.5) is 13.2 Å². The van der Waals surface area contributed by atoms with Gasteiger partial charge in [-0.3, -0.25) is 4.90 Å². The highest BCUT2D eigenvalue weighted by Crippen LogP contribution is 2.33. The molecule has 9 heteroatoms. The average Bonchev–Trinajstić information content (AvgIpc) is 2.99. The van der Waals surface area contributed by atoms with Crippen molar-refractivity contribution in [3.05, 3.63) is 65.2 Å². The van der Waals surface area contributed by atoms with Crippen LogP contribution < -0.4 is 0 Å². The van der Waals surface area contributed by atoms with E-state index in [9.17, 15) is 21.6 Å². The predicted octanol–water partition coefficient (Wildman–Crippen LogP) is 3.75. The number of nitrogens with zero attached hydrogens (tertiary/aromatic N) is 3. The molecule has 0 aromatic heterocycles. The van der Waals surface area contributed by atoms with E-state index in [2.05, 4.69) is 4.40 Å². The highest BCUT2D eigenvalue weighted by atomic mass is 32.2. The maximum atomic E-state index is 13.2. The van der Waals surface area contributed by atoms with E-state index in [0.717, 1.165) is 6.07 Å². The van der Waals surface area contributed by atoms with Gasteiger partial charge in [-0.15, -0.1) is 4.40 Å². The molecule has 0 amide bonds. The fourth-order valence-electron chi connectivity index (χ4n) is 4.16. The van der Waals surface area contributed by atoms with Gasteiger partial charge in [0.2, 0.25) is 0 Å². The van der Waals surface area contributed by atoms with Crippen molar-refractivity contribution in [2.24, 2.45) is 4.40 Å². The Kier molecular flexibility index (Phi) is 5.36. The van der Waals surface area contributed by atoms with Crippen LogP contribution in [-0.2, 0) is 22.7 Å². The van der Waals surface area contributed by atoms with Gasteiger partial charge in [0.25, 0.3) is 10.0 Å². The standard InChI is InChI=1S/C21H22F3N3O2S/c1-26(20-17-7-3-5-9-19(17)30(28,29)25-20)16-10-12-27(13-11-16)14-15-6-2-4-8-18(15)21(22,23)24/h2-9,16H,10-14H2,1H3. The van der Waals surface area contributed by atoms with E-state index in [4.69, 9.17) is 0 Å². The summed E-state index contributed by atoms with van der Waals surface area (Å²) < 4.78 is 68.3. The van der Waals surface area contributed by atoms with Crippen LogP contribution in [0.1, 0.15) is 29.5 Å². The molecule has 2 aliphatic heterocycles. The molecule has 0 saturated carbocycles. The van der Waals surface area contributed by atoms with Crippen LogP contribution in [0.25, 0.3) is 0 Å². The maximum absolute atomic E-state index is 13.2. The number of halogens is 3. The van der Waals surface area contributed by atoms with Crippen LogP contribution in [0.2, 0.25) is 0 Å². The van der Waals surface area contributed by atoms with E-state index in [1.54, 1.807) is 30.3 Å². The van der Waals surface area contributed by atoms with Crippen LogP contribution >= 0.6 is 0 Å². The molecule has 0 atom stereocenters. The normalized spacial score (nSPS) is 19.4. The van der Waals surface area contributed by atoms with Crippen molar-refractivity contribution >= 4 is 15.9 Å². The van der Waals surface area contributed by atoms with Gasteiger partial charge in [0.1, 0.15) is 4.90 Å². The van der Waals surface area contributed by atoms with E-state index in [1.165, 1.54) is 12.1 Å². The van der Waals surface area contributed by atoms with Crippen LogP contribution in [0, 0.1) is 0 Å². The summed E-state index contributed by atoms with van der Waals surface area (Å²) in [5.74, 6) is 0.437. The highest BCUT2D eigenvalue weighted by Gasteiger charge is 2.35. The third-order valence-electron chi connectivity index (χ3n) is 5.77. The van der Waals surface area contributed by atoms with Crippen LogP contribution in [0.15, 0.2) is 57.8 Å². The lowest BCUT2D eigenvalue weighted by atomic mass is 10.0. The Morgan fingerprint density at radius 1 is 1.07 bits per heavy atom. The number of benzene rings is 2. The van der Waals surface area contributed by atoms with Crippen molar-refractivity contribution in [3.8, 4) is 0 Å². The number of hydrogen-bond donors (Lipinski definition) is 0. The summed E-state index contributed by atoms with van der Waals surface area (Å²) in [6.07, 6.45) is -2.94. The van der Waals surface area contributed by atoms with Crippen molar-refractivity contribution in [1.29, 1.82) is 0 Å². The van der Waals surface area contributed by atoms with Gasteiger partial charge >= 0.3 is 6.18 Å². The number of alkyl halides is 3. The quantitative estimate of drug-likeness (QED) is 0.734. The zero-order chi connectivity index (χ0) is 21.5. The first-order valence-electron chi connectivity index (χ1n) is 9.71. The Morgan fingerprint density at radius 2 is 1.70 bits per heavy atom. The largest absolute Gasteiger partial charge is 0.416 e. The Labute approximate surface area is 173 Å². The molecule has 0 N–H and O–H groups in total. The SMILES string of the molecule is CN(C1=NS(=O)(=O)c2ccccc21)C1CCN(Cc2ccccc2C(F)(F)F)CC1. The zero-order valence-electron chi connectivity index (χ0n) is 16.4. The number of hydrogen-bond acceptors (Lipinski definition) is 4. The molecule has 1 fully saturated rings. The summed E-state index contributed by atoms with van der Waals surface area (Å²) in [7, 11) is -1.85. The Bertz CT molecular complexity index is 1070. The summed E-state index contributed by atoms with van der Waals surface area (Å²) in [6, 6.07) is 12.5. The lowest BCUT2D eigenvalue weighted by molar-refractivity contribution is -0.138. The van der Waals surface area contributed by atoms with E-state index in [-0.39, 0.29) is 23.0 Å². The van der Waals surface area contributed by atoms with E-state index < -0.39 is 21.8 Å². The first-order valence-corrected chi connectivity index (χ1v) is 11.2. The molecule has 5 nitrogen and oxygen atoms in total. The number of amidine groups is 1. The average molecular weight is 437 g/mol. The number of likely N-dealkylation sites (tertiary alicyclic amines) is 1. The number of sulfonamides is 1. The van der Waals surface area contributed by atoms with Crippen LogP contribution in [0.5, 0.6) is 0 Å². The second-order valence-corrected chi connectivity index (χ2v) is 9.23. The summed E-state index contributed by atoms with van der Waals surface area (Å²) in [4.78, 5) is 4.12. The lowest BCUT2D eigenvalue weighted by Gasteiger charge is -2.37. The summed E-state index contributed by atoms with van der Waals surface area (Å²) in [5, 5.41) is 0. The highest BCUT2D eigenvalue weighted by molar-refractivity contribution is 7.90. The Hall–Kier alpha value is -2.39. The van der Waals surface area contributed by atoms with Crippen LogP contribution in [-0.4, -0.2) is 50.2 Å². The van der Waals surface area contributed by atoms with Gasteiger partial charge in [-0.05, 0) is 36.6 Å². The molecule has 0 unspecified atom stereocenters. The van der Waals surface area contributed by atoms with Crippen molar-refractivity contribution in [2.75, 3.05) is 20.1 Å². The number of rotatable bonds is 3. The maximum Gasteiger partial charge on any atom is 0.416 e. The molecule has 4 rings (SSSR count). The molecule has 2 aliphatic rings. The minimum Gasteiger partial charge on any atom is -0.355 e. The second kappa shape index (κ2) is 7.70. The van der Waals surface area contributed by atoms with Crippen molar-refractivity contribution in [2.45, 2.75) is 36.5 Å². The fourth-order valence-corrected chi connectivity index (χ4v) is 5.40. The summed E-state index contributed by atoms with van der Waals surface area (Å²) in [6.45, 7) is 1.50. The fraction of sp³-hybridized carbons (Fsp3) is 0.381. The second-order valence-electron chi connectivity index (χ2n) is 7.66. The van der Waals surface area contributed by atoms with Crippen molar-refractivity contribution in [1.82, 2.24) is 9.80 Å². The first-order chi connectivity index (χ1) is 14.2. The summed E-state index contributed by atoms with van der Waals surface area (Å²) in [5.41, 5.74) is 0.282. The molecule has 2 aromatic carbocycles. The van der Waals surface area contributed by atoms with Crippen LogP contribution in [0.3, 0.4) is 0 Å². The third-order valence-corrected chi connectivity index (χ3v) is 7.09. The third kappa shape index (κ3) is 3.96. The van der Waals surface area contributed by atoms with Gasteiger partial charge in [0, 0.05) is 38.3 Å². The zero-order valence-corrected chi connectivity index (χ0v) is 17.2. The Balaban J connectivity index is 1.44. The van der Waals surface area contributed by atoms with Crippen molar-refractivity contribution in [3.63, 3.8) is 0 Å². The molecule has 0 aliphatic carbocycles. The molecule has 1 saturated heterocycles. The lowest BCUT2D eigenvalue weighted by Crippen LogP contribution is -2.45. The molecule has 2 heterocycles. The molecular weight excluding hydrogens is 415 g/mol. The minimum absolute atomic E-state index is 0.0687. The van der Waals surface area contributed by atoms with Gasteiger partial charge in [0.15, 0.2) is 5.84 Å². The topological polar surface area (TPSA) is 53.0 Å². The number of piperidine rings is 1. The van der Waals surface area contributed by atoms with E-state index in [1.807, 2.05) is 16.8 Å². The summed E-state index contributed by atoms with van der Waals surface area (Å²) >= 11 is 0. The molecule has 2 aromatic rings. The van der Waals surface area contributed by atoms with Gasteiger partial charge in [-0.25, -0.2) is 0 Å². The van der Waals surface area contributed by atoms with Gasteiger partial charge in [-0.1, -0.05) is 30.3 Å². The molecule has 30 heavy (non-hydrogen) atoms. The molecule has 0 bridgehead atoms. The van der Waals surface area contributed by atoms with Gasteiger partial charge in [-0.2, -0.15) is 21.6 Å². The molecule has 0 radical (unpaired) electrons. The van der Waals surface area contributed by atoms with Gasteiger partial charge in [0.05, 0.1) is 5.56 Å². The van der Waals surface area contributed by atoms with E-state index >= 15 is 0 Å². The monoisotopic (exact) mass is 437 g/mol. The van der Waals surface area contributed by atoms with Gasteiger partial charge < -0.3 is 4.90 Å². The molecule has 160 valence electrons. The van der Waals surface area contributed by atoms with E-state index in [0.29, 0.717) is 37.3 Å². The Morgan fingerprint density at radius 3 is 2.40 bits per heavy atom. The van der Waals surface area contributed by atoms with Crippen molar-refractivity contribution < 1.29 is 21.6 Å².